The van der Waals surface area contributed by atoms with Crippen molar-refractivity contribution in [2.75, 3.05) is 0 Å². The molecule has 0 aliphatic carbocycles. The van der Waals surface area contributed by atoms with Gasteiger partial charge in [0.2, 0.25) is 0 Å². The van der Waals surface area contributed by atoms with Gasteiger partial charge in [0.25, 0.3) is 0 Å². The van der Waals surface area contributed by atoms with Crippen LogP contribution in [0.25, 0.3) is 0 Å². The zero-order chi connectivity index (χ0) is 8.72. The third kappa shape index (κ3) is 0.838. The van der Waals surface area contributed by atoms with E-state index in [1.54, 1.807) is 0 Å². The molecule has 0 amide bonds. The molecule has 0 unspecified atom stereocenters. The molecule has 0 saturated heterocycles. The molecule has 0 fully saturated rings. The molecule has 0 aromatic heterocycles. The number of benzene rings is 1. The van der Waals surface area contributed by atoms with Gasteiger partial charge in [0.15, 0.2) is 0 Å². The average Bonchev–Trinajstić information content (AvgIpc) is 2.41. The van der Waals surface area contributed by atoms with Crippen molar-refractivity contribution in [1.82, 2.24) is 4.67 Å². The standard InChI is InChI=1S/C11H12N/c1-7-4-5-10-9(3)12-6-11(10)8(7)2/h4-6H,1-3H3/q+1. The molecular formula is C11H12N+. The number of aryl methyl sites for hydroxylation is 1. The van der Waals surface area contributed by atoms with Gasteiger partial charge in [-0.2, -0.15) is 0 Å². The largest absolute Gasteiger partial charge is 0.308 e. The molecule has 0 saturated carbocycles. The molecule has 12 heavy (non-hydrogen) atoms. The van der Waals surface area contributed by atoms with Crippen LogP contribution in [0.2, 0.25) is 0 Å². The molecule has 60 valence electrons. The fraction of sp³-hybridized carbons (Fsp3) is 0.273. The van der Waals surface area contributed by atoms with E-state index in [9.17, 15) is 0 Å². The van der Waals surface area contributed by atoms with Crippen LogP contribution in [0, 0.1) is 13.8 Å². The summed E-state index contributed by atoms with van der Waals surface area (Å²) < 4.78 is 4.30. The van der Waals surface area contributed by atoms with Crippen molar-refractivity contribution in [3.8, 4) is 0 Å². The quantitative estimate of drug-likeness (QED) is 0.509. The van der Waals surface area contributed by atoms with Gasteiger partial charge in [-0.15, -0.1) is 0 Å². The summed E-state index contributed by atoms with van der Waals surface area (Å²) in [6.45, 7) is 6.34. The molecule has 2 rings (SSSR count). The molecule has 1 aromatic carbocycles. The summed E-state index contributed by atoms with van der Waals surface area (Å²) in [6, 6.07) is 4.31. The molecule has 1 heteroatoms. The second-order valence-corrected chi connectivity index (χ2v) is 3.31. The highest BCUT2D eigenvalue weighted by molar-refractivity contribution is 6.11. The fourth-order valence-electron chi connectivity index (χ4n) is 1.55. The number of rotatable bonds is 0. The first kappa shape index (κ1) is 7.33. The van der Waals surface area contributed by atoms with Crippen molar-refractivity contribution >= 4 is 11.9 Å². The van der Waals surface area contributed by atoms with Crippen LogP contribution in [0.3, 0.4) is 0 Å². The Balaban J connectivity index is 2.74. The maximum atomic E-state index is 4.30. The zero-order valence-electron chi connectivity index (χ0n) is 7.68. The lowest BCUT2D eigenvalue weighted by Gasteiger charge is -2.01. The first-order chi connectivity index (χ1) is 5.70. The monoisotopic (exact) mass is 158 g/mol. The summed E-state index contributed by atoms with van der Waals surface area (Å²) in [5.74, 6) is 0. The van der Waals surface area contributed by atoms with E-state index >= 15 is 0 Å². The topological polar surface area (TPSA) is 14.1 Å². The lowest BCUT2D eigenvalue weighted by molar-refractivity contribution is 1.33. The Morgan fingerprint density at radius 3 is 2.58 bits per heavy atom. The van der Waals surface area contributed by atoms with Gasteiger partial charge in [0, 0.05) is 6.92 Å². The van der Waals surface area contributed by atoms with E-state index in [0.717, 1.165) is 5.71 Å². The Morgan fingerprint density at radius 2 is 1.83 bits per heavy atom. The van der Waals surface area contributed by atoms with Crippen molar-refractivity contribution < 1.29 is 0 Å². The Bertz CT molecular complexity index is 407. The van der Waals surface area contributed by atoms with Crippen LogP contribution < -0.4 is 4.67 Å². The summed E-state index contributed by atoms with van der Waals surface area (Å²) >= 11 is 0. The van der Waals surface area contributed by atoms with Crippen LogP contribution in [-0.2, 0) is 0 Å². The van der Waals surface area contributed by atoms with Crippen LogP contribution >= 0.6 is 0 Å². The molecule has 1 nitrogen and oxygen atoms in total. The van der Waals surface area contributed by atoms with Crippen molar-refractivity contribution in [1.29, 1.82) is 0 Å². The minimum absolute atomic E-state index is 1.13. The highest BCUT2D eigenvalue weighted by atomic mass is 14.6. The van der Waals surface area contributed by atoms with Gasteiger partial charge in [-0.25, -0.2) is 0 Å². The number of hydrogen-bond acceptors (Lipinski definition) is 0. The lowest BCUT2D eigenvalue weighted by atomic mass is 9.98. The number of fused-ring (bicyclic) bond motifs is 1. The van der Waals surface area contributed by atoms with Crippen molar-refractivity contribution in [2.24, 2.45) is 0 Å². The third-order valence-electron chi connectivity index (χ3n) is 2.56. The predicted octanol–water partition coefficient (Wildman–Crippen LogP) is 1.61. The fourth-order valence-corrected chi connectivity index (χ4v) is 1.55. The van der Waals surface area contributed by atoms with E-state index in [2.05, 4.69) is 37.6 Å². The van der Waals surface area contributed by atoms with E-state index in [0.29, 0.717) is 0 Å². The number of hydrogen-bond donors (Lipinski definition) is 0. The Hall–Kier alpha value is -1.33. The maximum Gasteiger partial charge on any atom is 0.308 e. The summed E-state index contributed by atoms with van der Waals surface area (Å²) in [5, 5.41) is 0. The molecule has 0 atom stereocenters. The summed E-state index contributed by atoms with van der Waals surface area (Å²) in [6.07, 6.45) is 1.97. The molecule has 1 aliphatic heterocycles. The first-order valence-corrected chi connectivity index (χ1v) is 4.18. The zero-order valence-corrected chi connectivity index (χ0v) is 7.68. The predicted molar refractivity (Wildman–Crippen MR) is 53.0 cm³/mol. The van der Waals surface area contributed by atoms with Gasteiger partial charge < -0.3 is 0 Å². The SMILES string of the molecule is CC1=[N+]=Cc2c1ccc(C)c2C. The molecule has 1 heterocycles. The van der Waals surface area contributed by atoms with E-state index in [4.69, 9.17) is 0 Å². The molecule has 1 aliphatic rings. The summed E-state index contributed by atoms with van der Waals surface area (Å²) in [4.78, 5) is 0. The highest BCUT2D eigenvalue weighted by Crippen LogP contribution is 2.17. The number of nitrogens with zero attached hydrogens (tertiary/aromatic N) is 1. The third-order valence-corrected chi connectivity index (χ3v) is 2.56. The van der Waals surface area contributed by atoms with Crippen molar-refractivity contribution in [2.45, 2.75) is 20.8 Å². The van der Waals surface area contributed by atoms with Crippen LogP contribution in [0.4, 0.5) is 0 Å². The minimum Gasteiger partial charge on any atom is -0.0965 e. The lowest BCUT2D eigenvalue weighted by Crippen LogP contribution is -1.97. The normalized spacial score (nSPS) is 13.1. The van der Waals surface area contributed by atoms with E-state index in [1.807, 2.05) is 6.21 Å². The van der Waals surface area contributed by atoms with Gasteiger partial charge in [0.1, 0.15) is 0 Å². The Kier molecular flexibility index (Phi) is 1.42. The highest BCUT2D eigenvalue weighted by Gasteiger charge is 2.21. The van der Waals surface area contributed by atoms with Crippen LogP contribution in [0.1, 0.15) is 29.2 Å². The average molecular weight is 158 g/mol. The first-order valence-electron chi connectivity index (χ1n) is 4.18. The second kappa shape index (κ2) is 2.33. The summed E-state index contributed by atoms with van der Waals surface area (Å²) in [5.41, 5.74) is 6.42. The maximum absolute atomic E-state index is 4.30. The molecule has 0 spiro atoms. The van der Waals surface area contributed by atoms with Crippen LogP contribution in [0.5, 0.6) is 0 Å². The van der Waals surface area contributed by atoms with E-state index in [1.165, 1.54) is 22.3 Å². The van der Waals surface area contributed by atoms with Crippen LogP contribution in [0.15, 0.2) is 12.1 Å². The Morgan fingerprint density at radius 1 is 1.08 bits per heavy atom. The van der Waals surface area contributed by atoms with Crippen molar-refractivity contribution in [3.63, 3.8) is 0 Å². The molecule has 0 N–H and O–H groups in total. The smallest absolute Gasteiger partial charge is 0.0965 e. The molecule has 1 aromatic rings. The molecule has 0 radical (unpaired) electrons. The Labute approximate surface area is 72.5 Å². The minimum atomic E-state index is 1.13. The van der Waals surface area contributed by atoms with Gasteiger partial charge in [-0.05, 0) is 31.0 Å². The second-order valence-electron chi connectivity index (χ2n) is 3.31. The molecule has 0 bridgehead atoms. The van der Waals surface area contributed by atoms with Gasteiger partial charge in [0.05, 0.1) is 11.1 Å². The van der Waals surface area contributed by atoms with E-state index in [-0.39, 0.29) is 0 Å². The van der Waals surface area contributed by atoms with Crippen molar-refractivity contribution in [3.05, 3.63) is 34.4 Å². The van der Waals surface area contributed by atoms with Gasteiger partial charge in [-0.3, -0.25) is 0 Å². The van der Waals surface area contributed by atoms with E-state index < -0.39 is 0 Å². The van der Waals surface area contributed by atoms with Crippen LogP contribution in [-0.4, -0.2) is 11.9 Å². The summed E-state index contributed by atoms with van der Waals surface area (Å²) in [7, 11) is 0. The molecular weight excluding hydrogens is 146 g/mol. The van der Waals surface area contributed by atoms with Gasteiger partial charge >= 0.3 is 11.9 Å². The van der Waals surface area contributed by atoms with Gasteiger partial charge in [-0.1, -0.05) is 10.7 Å².